The summed E-state index contributed by atoms with van der Waals surface area (Å²) in [6.45, 7) is 10.8. The number of amides is 1. The van der Waals surface area contributed by atoms with Gasteiger partial charge in [-0.15, -0.1) is 11.3 Å². The Morgan fingerprint density at radius 2 is 1.76 bits per heavy atom. The third-order valence-electron chi connectivity index (χ3n) is 5.56. The minimum atomic E-state index is -0.429. The molecule has 0 atom stereocenters. The van der Waals surface area contributed by atoms with E-state index in [1.165, 1.54) is 16.9 Å². The number of rotatable bonds is 10. The second-order valence-corrected chi connectivity index (χ2v) is 9.50. The molecule has 1 aromatic heterocycles. The SMILES string of the molecule is CCOC(=O)c1c(-c2ccc(C)cc2C)csc1NC(=O)CCCOc1ccc(C(C)C)cc1. The van der Waals surface area contributed by atoms with E-state index in [1.54, 1.807) is 6.92 Å². The van der Waals surface area contributed by atoms with Crippen LogP contribution in [-0.2, 0) is 9.53 Å². The highest BCUT2D eigenvalue weighted by Gasteiger charge is 2.23. The summed E-state index contributed by atoms with van der Waals surface area (Å²) in [6, 6.07) is 14.1. The maximum absolute atomic E-state index is 12.8. The second kappa shape index (κ2) is 11.8. The fourth-order valence-electron chi connectivity index (χ4n) is 3.73. The van der Waals surface area contributed by atoms with Gasteiger partial charge in [0.25, 0.3) is 0 Å². The first-order chi connectivity index (χ1) is 16.3. The van der Waals surface area contributed by atoms with E-state index in [2.05, 4.69) is 37.4 Å². The van der Waals surface area contributed by atoms with Gasteiger partial charge in [0.15, 0.2) is 0 Å². The monoisotopic (exact) mass is 479 g/mol. The van der Waals surface area contributed by atoms with Crippen molar-refractivity contribution < 1.29 is 19.1 Å². The maximum atomic E-state index is 12.8. The molecule has 0 radical (unpaired) electrons. The summed E-state index contributed by atoms with van der Waals surface area (Å²) in [6.07, 6.45) is 0.866. The van der Waals surface area contributed by atoms with E-state index < -0.39 is 5.97 Å². The van der Waals surface area contributed by atoms with E-state index in [0.29, 0.717) is 35.9 Å². The number of aryl methyl sites for hydroxylation is 2. The number of esters is 1. The van der Waals surface area contributed by atoms with Crippen molar-refractivity contribution in [3.05, 3.63) is 70.1 Å². The van der Waals surface area contributed by atoms with Gasteiger partial charge in [0.05, 0.1) is 13.2 Å². The molecule has 0 aliphatic carbocycles. The molecule has 0 saturated carbocycles. The molecule has 0 fully saturated rings. The first kappa shape index (κ1) is 25.5. The molecular weight excluding hydrogens is 446 g/mol. The zero-order valence-electron chi connectivity index (χ0n) is 20.6. The van der Waals surface area contributed by atoms with Crippen molar-refractivity contribution in [1.82, 2.24) is 0 Å². The topological polar surface area (TPSA) is 64.6 Å². The number of thiophene rings is 1. The smallest absolute Gasteiger partial charge is 0.341 e. The van der Waals surface area contributed by atoms with Gasteiger partial charge in [0.2, 0.25) is 5.91 Å². The van der Waals surface area contributed by atoms with Crippen LogP contribution in [0.2, 0.25) is 0 Å². The molecule has 5 nitrogen and oxygen atoms in total. The highest BCUT2D eigenvalue weighted by molar-refractivity contribution is 7.15. The normalized spacial score (nSPS) is 10.9. The average Bonchev–Trinajstić information content (AvgIpc) is 3.20. The van der Waals surface area contributed by atoms with E-state index in [9.17, 15) is 9.59 Å². The fourth-order valence-corrected chi connectivity index (χ4v) is 4.70. The number of carbonyl (C=O) groups is 2. The maximum Gasteiger partial charge on any atom is 0.341 e. The van der Waals surface area contributed by atoms with Gasteiger partial charge in [-0.2, -0.15) is 0 Å². The lowest BCUT2D eigenvalue weighted by Crippen LogP contribution is -2.15. The molecule has 34 heavy (non-hydrogen) atoms. The summed E-state index contributed by atoms with van der Waals surface area (Å²) in [5.41, 5.74) is 5.64. The van der Waals surface area contributed by atoms with Gasteiger partial charge in [-0.1, -0.05) is 49.7 Å². The minimum absolute atomic E-state index is 0.154. The number of anilines is 1. The lowest BCUT2D eigenvalue weighted by Gasteiger charge is -2.11. The van der Waals surface area contributed by atoms with Crippen LogP contribution in [-0.4, -0.2) is 25.1 Å². The van der Waals surface area contributed by atoms with Gasteiger partial charge in [0.1, 0.15) is 16.3 Å². The van der Waals surface area contributed by atoms with E-state index in [0.717, 1.165) is 28.0 Å². The number of hydrogen-bond acceptors (Lipinski definition) is 5. The largest absolute Gasteiger partial charge is 0.494 e. The van der Waals surface area contributed by atoms with Crippen LogP contribution in [0.1, 0.15) is 66.6 Å². The van der Waals surface area contributed by atoms with Crippen molar-refractivity contribution in [3.8, 4) is 16.9 Å². The van der Waals surface area contributed by atoms with Gasteiger partial charge in [0, 0.05) is 17.4 Å². The molecular formula is C28H33NO4S. The molecule has 1 N–H and O–H groups in total. The number of ether oxygens (including phenoxy) is 2. The number of nitrogens with one attached hydrogen (secondary N) is 1. The number of benzene rings is 2. The van der Waals surface area contributed by atoms with E-state index in [1.807, 2.05) is 43.5 Å². The molecule has 0 bridgehead atoms. The molecule has 1 amide bonds. The molecule has 0 aliphatic rings. The van der Waals surface area contributed by atoms with Crippen LogP contribution in [0.5, 0.6) is 5.75 Å². The van der Waals surface area contributed by atoms with Gasteiger partial charge in [-0.25, -0.2) is 4.79 Å². The van der Waals surface area contributed by atoms with Crippen molar-refractivity contribution in [3.63, 3.8) is 0 Å². The lowest BCUT2D eigenvalue weighted by atomic mass is 9.97. The Kier molecular flexibility index (Phi) is 8.88. The summed E-state index contributed by atoms with van der Waals surface area (Å²) >= 11 is 1.34. The summed E-state index contributed by atoms with van der Waals surface area (Å²) in [5.74, 6) is 0.691. The lowest BCUT2D eigenvalue weighted by molar-refractivity contribution is -0.116. The Bertz CT molecular complexity index is 1130. The molecule has 6 heteroatoms. The second-order valence-electron chi connectivity index (χ2n) is 8.62. The van der Waals surface area contributed by atoms with Crippen molar-refractivity contribution in [2.75, 3.05) is 18.5 Å². The summed E-state index contributed by atoms with van der Waals surface area (Å²) in [7, 11) is 0. The van der Waals surface area contributed by atoms with Crippen LogP contribution >= 0.6 is 11.3 Å². The summed E-state index contributed by atoms with van der Waals surface area (Å²) < 4.78 is 11.1. The number of carbonyl (C=O) groups excluding carboxylic acids is 2. The molecule has 3 aromatic rings. The van der Waals surface area contributed by atoms with Crippen molar-refractivity contribution >= 4 is 28.2 Å². The average molecular weight is 480 g/mol. The Morgan fingerprint density at radius 1 is 1.03 bits per heavy atom. The Morgan fingerprint density at radius 3 is 2.41 bits per heavy atom. The zero-order chi connectivity index (χ0) is 24.7. The summed E-state index contributed by atoms with van der Waals surface area (Å²) in [4.78, 5) is 25.4. The van der Waals surface area contributed by atoms with Crippen molar-refractivity contribution in [1.29, 1.82) is 0 Å². The molecule has 0 unspecified atom stereocenters. The molecule has 0 saturated heterocycles. The zero-order valence-corrected chi connectivity index (χ0v) is 21.4. The Balaban J connectivity index is 1.64. The van der Waals surface area contributed by atoms with E-state index >= 15 is 0 Å². The first-order valence-corrected chi connectivity index (χ1v) is 12.6. The van der Waals surface area contributed by atoms with Gasteiger partial charge in [-0.3, -0.25) is 4.79 Å². The van der Waals surface area contributed by atoms with Gasteiger partial charge in [-0.05, 0) is 61.9 Å². The Hall–Kier alpha value is -3.12. The first-order valence-electron chi connectivity index (χ1n) is 11.7. The third-order valence-corrected chi connectivity index (χ3v) is 6.45. The number of hydrogen-bond donors (Lipinski definition) is 1. The van der Waals surface area contributed by atoms with Gasteiger partial charge < -0.3 is 14.8 Å². The standard InChI is InChI=1S/C28H33NO4S/c1-6-32-28(31)26-24(23-14-9-19(4)16-20(23)5)17-34-27(26)29-25(30)8-7-15-33-22-12-10-21(11-13-22)18(2)3/h9-14,16-18H,6-8,15H2,1-5H3,(H,29,30). The summed E-state index contributed by atoms with van der Waals surface area (Å²) in [5, 5.41) is 5.34. The van der Waals surface area contributed by atoms with Crippen LogP contribution < -0.4 is 10.1 Å². The third kappa shape index (κ3) is 6.48. The predicted molar refractivity (Wildman–Crippen MR) is 139 cm³/mol. The molecule has 0 spiro atoms. The van der Waals surface area contributed by atoms with E-state index in [4.69, 9.17) is 9.47 Å². The highest BCUT2D eigenvalue weighted by atomic mass is 32.1. The molecule has 0 aliphatic heterocycles. The van der Waals surface area contributed by atoms with E-state index in [-0.39, 0.29) is 12.5 Å². The quantitative estimate of drug-likeness (QED) is 0.248. The van der Waals surface area contributed by atoms with Crippen LogP contribution in [0.4, 0.5) is 5.00 Å². The fraction of sp³-hybridized carbons (Fsp3) is 0.357. The van der Waals surface area contributed by atoms with Crippen LogP contribution in [0.15, 0.2) is 47.8 Å². The van der Waals surface area contributed by atoms with Crippen molar-refractivity contribution in [2.24, 2.45) is 0 Å². The predicted octanol–water partition coefficient (Wildman–Crippen LogP) is 7.13. The highest BCUT2D eigenvalue weighted by Crippen LogP contribution is 2.38. The van der Waals surface area contributed by atoms with Gasteiger partial charge >= 0.3 is 5.97 Å². The molecule has 2 aromatic carbocycles. The van der Waals surface area contributed by atoms with Crippen LogP contribution in [0, 0.1) is 13.8 Å². The Labute approximate surface area is 206 Å². The molecule has 1 heterocycles. The minimum Gasteiger partial charge on any atom is -0.494 e. The molecule has 180 valence electrons. The van der Waals surface area contributed by atoms with Crippen LogP contribution in [0.3, 0.4) is 0 Å². The van der Waals surface area contributed by atoms with Crippen LogP contribution in [0.25, 0.3) is 11.1 Å². The van der Waals surface area contributed by atoms with Crippen molar-refractivity contribution in [2.45, 2.75) is 53.4 Å². The molecule has 3 rings (SSSR count).